The normalized spacial score (nSPS) is 10.9. The number of amides is 1. The number of fused-ring (bicyclic) bond motifs is 1. The van der Waals surface area contributed by atoms with Crippen molar-refractivity contribution in [3.8, 4) is 11.4 Å². The van der Waals surface area contributed by atoms with E-state index in [-0.39, 0.29) is 17.2 Å². The molecule has 0 saturated heterocycles. The number of benzene rings is 2. The third-order valence-electron chi connectivity index (χ3n) is 4.19. The van der Waals surface area contributed by atoms with Gasteiger partial charge in [-0.05, 0) is 42.5 Å². The summed E-state index contributed by atoms with van der Waals surface area (Å²) in [4.78, 5) is 30.4. The number of carbonyl (C=O) groups excluding carboxylic acids is 1. The Kier molecular flexibility index (Phi) is 4.07. The highest BCUT2D eigenvalue weighted by atomic mass is 19.1. The molecule has 28 heavy (non-hydrogen) atoms. The number of anilines is 1. The Morgan fingerprint density at radius 3 is 2.71 bits per heavy atom. The topological polar surface area (TPSA) is 119 Å². The molecule has 2 N–H and O–H groups in total. The zero-order valence-electron chi connectivity index (χ0n) is 14.5. The molecular formula is C18H13FN6O3. The quantitative estimate of drug-likeness (QED) is 0.416. The number of nitrogens with one attached hydrogen (secondary N) is 2. The molecule has 140 valence electrons. The van der Waals surface area contributed by atoms with Gasteiger partial charge >= 0.3 is 5.69 Å². The lowest BCUT2D eigenvalue weighted by atomic mass is 10.2. The lowest BCUT2D eigenvalue weighted by Gasteiger charge is -2.05. The van der Waals surface area contributed by atoms with Crippen molar-refractivity contribution in [3.05, 3.63) is 70.3 Å². The van der Waals surface area contributed by atoms with Gasteiger partial charge in [-0.15, -0.1) is 0 Å². The molecule has 0 spiro atoms. The molecular weight excluding hydrogens is 367 g/mol. The first kappa shape index (κ1) is 17.3. The fraction of sp³-hybridized carbons (Fsp3) is 0.0556. The van der Waals surface area contributed by atoms with Crippen LogP contribution in [0.2, 0.25) is 0 Å². The van der Waals surface area contributed by atoms with Crippen molar-refractivity contribution in [1.82, 2.24) is 19.7 Å². The van der Waals surface area contributed by atoms with E-state index < -0.39 is 10.8 Å². The van der Waals surface area contributed by atoms with Crippen LogP contribution in [0.1, 0.15) is 10.5 Å². The van der Waals surface area contributed by atoms with Crippen LogP contribution >= 0.6 is 0 Å². The number of nitro groups is 1. The minimum absolute atomic E-state index is 0.151. The van der Waals surface area contributed by atoms with Crippen LogP contribution in [0, 0.1) is 15.9 Å². The maximum atomic E-state index is 13.1. The molecule has 2 aromatic carbocycles. The van der Waals surface area contributed by atoms with E-state index >= 15 is 0 Å². The number of aromatic amines is 1. The fourth-order valence-electron chi connectivity index (χ4n) is 2.84. The lowest BCUT2D eigenvalue weighted by Crippen LogP contribution is -2.17. The number of halogens is 1. The highest BCUT2D eigenvalue weighted by molar-refractivity contribution is 6.06. The van der Waals surface area contributed by atoms with E-state index in [2.05, 4.69) is 20.4 Å². The van der Waals surface area contributed by atoms with Crippen molar-refractivity contribution < 1.29 is 14.1 Å². The van der Waals surface area contributed by atoms with E-state index in [1.807, 2.05) is 0 Å². The zero-order chi connectivity index (χ0) is 19.8. The van der Waals surface area contributed by atoms with Crippen molar-refractivity contribution in [2.45, 2.75) is 0 Å². The van der Waals surface area contributed by atoms with Crippen molar-refractivity contribution in [3.63, 3.8) is 0 Å². The summed E-state index contributed by atoms with van der Waals surface area (Å²) in [5.74, 6) is -0.431. The Hall–Kier alpha value is -4.08. The second kappa shape index (κ2) is 6.58. The summed E-state index contributed by atoms with van der Waals surface area (Å²) in [7, 11) is 1.45. The van der Waals surface area contributed by atoms with Crippen LogP contribution in [0.5, 0.6) is 0 Å². The van der Waals surface area contributed by atoms with Crippen LogP contribution in [0.3, 0.4) is 0 Å². The summed E-state index contributed by atoms with van der Waals surface area (Å²) in [6.45, 7) is 0. The van der Waals surface area contributed by atoms with Crippen molar-refractivity contribution >= 4 is 28.3 Å². The maximum Gasteiger partial charge on any atom is 0.320 e. The van der Waals surface area contributed by atoms with E-state index in [1.54, 1.807) is 30.3 Å². The molecule has 4 rings (SSSR count). The van der Waals surface area contributed by atoms with Gasteiger partial charge in [0.05, 0.1) is 16.0 Å². The molecule has 0 aliphatic heterocycles. The SMILES string of the molecule is Cn1ncc([N+](=O)[O-])c1C(=O)Nc1ccc2nc(-c3ccc(F)cc3)[nH]c2c1. The first-order chi connectivity index (χ1) is 13.4. The number of hydrogen-bond donors (Lipinski definition) is 2. The molecule has 0 fully saturated rings. The number of aryl methyl sites for hydroxylation is 1. The monoisotopic (exact) mass is 380 g/mol. The van der Waals surface area contributed by atoms with Gasteiger partial charge < -0.3 is 10.3 Å². The minimum atomic E-state index is -0.658. The second-order valence-electron chi connectivity index (χ2n) is 6.04. The molecule has 0 aliphatic rings. The number of aromatic nitrogens is 4. The van der Waals surface area contributed by atoms with Gasteiger partial charge in [-0.2, -0.15) is 5.10 Å². The molecule has 0 aliphatic carbocycles. The molecule has 10 heteroatoms. The van der Waals surface area contributed by atoms with Crippen molar-refractivity contribution in [1.29, 1.82) is 0 Å². The largest absolute Gasteiger partial charge is 0.338 e. The Morgan fingerprint density at radius 2 is 2.00 bits per heavy atom. The standard InChI is InChI=1S/C18H13FN6O3/c1-24-16(15(9-20-24)25(27)28)18(26)21-12-6-7-13-14(8-12)23-17(22-13)10-2-4-11(19)5-3-10/h2-9H,1H3,(H,21,26)(H,22,23). The van der Waals surface area contributed by atoms with Crippen LogP contribution < -0.4 is 5.32 Å². The van der Waals surface area contributed by atoms with Crippen molar-refractivity contribution in [2.75, 3.05) is 5.32 Å². The Morgan fingerprint density at radius 1 is 1.25 bits per heavy atom. The minimum Gasteiger partial charge on any atom is -0.338 e. The van der Waals surface area contributed by atoms with E-state index in [4.69, 9.17) is 0 Å². The summed E-state index contributed by atoms with van der Waals surface area (Å²) < 4.78 is 14.2. The summed E-state index contributed by atoms with van der Waals surface area (Å²) >= 11 is 0. The average molecular weight is 380 g/mol. The molecule has 9 nitrogen and oxygen atoms in total. The van der Waals surface area contributed by atoms with Crippen LogP contribution in [-0.4, -0.2) is 30.6 Å². The zero-order valence-corrected chi connectivity index (χ0v) is 14.5. The number of hydrogen-bond acceptors (Lipinski definition) is 5. The molecule has 0 saturated carbocycles. The number of rotatable bonds is 4. The van der Waals surface area contributed by atoms with Crippen LogP contribution in [0.15, 0.2) is 48.7 Å². The van der Waals surface area contributed by atoms with Gasteiger partial charge in [-0.25, -0.2) is 9.37 Å². The van der Waals surface area contributed by atoms with E-state index in [9.17, 15) is 19.3 Å². The van der Waals surface area contributed by atoms with Gasteiger partial charge in [0.15, 0.2) is 0 Å². The first-order valence-corrected chi connectivity index (χ1v) is 8.16. The molecule has 0 radical (unpaired) electrons. The van der Waals surface area contributed by atoms with Crippen LogP contribution in [0.4, 0.5) is 15.8 Å². The predicted molar refractivity (Wildman–Crippen MR) is 99.3 cm³/mol. The summed E-state index contributed by atoms with van der Waals surface area (Å²) in [5, 5.41) is 17.5. The van der Waals surface area contributed by atoms with E-state index in [1.165, 1.54) is 19.2 Å². The first-order valence-electron chi connectivity index (χ1n) is 8.16. The third-order valence-corrected chi connectivity index (χ3v) is 4.19. The molecule has 1 amide bonds. The smallest absolute Gasteiger partial charge is 0.320 e. The van der Waals surface area contributed by atoms with Gasteiger partial charge in [-0.1, -0.05) is 0 Å². The molecule has 2 aromatic heterocycles. The highest BCUT2D eigenvalue weighted by Gasteiger charge is 2.25. The molecule has 0 atom stereocenters. The third kappa shape index (κ3) is 3.07. The maximum absolute atomic E-state index is 13.1. The summed E-state index contributed by atoms with van der Waals surface area (Å²) in [6.07, 6.45) is 1.03. The average Bonchev–Trinajstić information content (AvgIpc) is 3.25. The number of imidazole rings is 1. The number of nitrogens with zero attached hydrogens (tertiary/aromatic N) is 4. The number of H-pyrrole nitrogens is 1. The van der Waals surface area contributed by atoms with E-state index in [0.717, 1.165) is 10.9 Å². The molecule has 0 unspecified atom stereocenters. The Bertz CT molecular complexity index is 1210. The van der Waals surface area contributed by atoms with Gasteiger partial charge in [0.1, 0.15) is 17.8 Å². The number of carbonyl (C=O) groups is 1. The van der Waals surface area contributed by atoms with Crippen LogP contribution in [0.25, 0.3) is 22.4 Å². The molecule has 0 bridgehead atoms. The van der Waals surface area contributed by atoms with Crippen molar-refractivity contribution in [2.24, 2.45) is 7.05 Å². The predicted octanol–water partition coefficient (Wildman–Crippen LogP) is 3.26. The Balaban J connectivity index is 1.63. The fourth-order valence-corrected chi connectivity index (χ4v) is 2.84. The Labute approximate surface area is 157 Å². The highest BCUT2D eigenvalue weighted by Crippen LogP contribution is 2.24. The second-order valence-corrected chi connectivity index (χ2v) is 6.04. The van der Waals surface area contributed by atoms with Crippen LogP contribution in [-0.2, 0) is 7.05 Å². The lowest BCUT2D eigenvalue weighted by molar-refractivity contribution is -0.385. The van der Waals surface area contributed by atoms with Gasteiger partial charge in [0.2, 0.25) is 5.69 Å². The molecule has 2 heterocycles. The summed E-state index contributed by atoms with van der Waals surface area (Å²) in [5.41, 5.74) is 1.93. The molecule has 4 aromatic rings. The van der Waals surface area contributed by atoms with Gasteiger partial charge in [0, 0.05) is 18.3 Å². The van der Waals surface area contributed by atoms with E-state index in [0.29, 0.717) is 28.1 Å². The summed E-state index contributed by atoms with van der Waals surface area (Å²) in [6, 6.07) is 10.9. The van der Waals surface area contributed by atoms with Gasteiger partial charge in [-0.3, -0.25) is 19.6 Å². The van der Waals surface area contributed by atoms with Gasteiger partial charge in [0.25, 0.3) is 5.91 Å².